The zero-order valence-electron chi connectivity index (χ0n) is 19.5. The summed E-state index contributed by atoms with van der Waals surface area (Å²) in [6.07, 6.45) is 2.43. The van der Waals surface area contributed by atoms with Crippen LogP contribution in [0.2, 0.25) is 0 Å². The molecule has 4 N–H and O–H groups in total. The molecule has 184 valence electrons. The number of hydrogen-bond donors (Lipinski definition) is 3. The molecule has 0 radical (unpaired) electrons. The number of rotatable bonds is 4. The molecule has 0 heterocycles. The van der Waals surface area contributed by atoms with Gasteiger partial charge in [-0.2, -0.15) is 0 Å². The molecular weight excluding hydrogens is 456 g/mol. The number of nitrogens with zero attached hydrogens (tertiary/aromatic N) is 1. The van der Waals surface area contributed by atoms with Crippen molar-refractivity contribution in [1.82, 2.24) is 0 Å². The second-order valence-corrected chi connectivity index (χ2v) is 9.76. The normalized spacial score (nSPS) is 30.1. The standard InChI is InChI=1S/C25H26N2O8/c1-10(28)4-5-11-8-15(27(2)3)14-7-12-6-13-9-16(29)19(24(26)34)23(33)25(13,35)22(32)17(12)21(31)18(14)20(11)30/h4-5,8,12-13,17,19,30,35H,6-7,9H2,1-3H3,(H2,26,34)/b5-4+/t12-,13+,17?,19?,25+/m1/s1. The zero-order valence-corrected chi connectivity index (χ0v) is 19.5. The van der Waals surface area contributed by atoms with E-state index >= 15 is 0 Å². The average Bonchev–Trinajstić information content (AvgIpc) is 2.75. The second-order valence-electron chi connectivity index (χ2n) is 9.76. The molecule has 0 spiro atoms. The first kappa shape index (κ1) is 24.5. The van der Waals surface area contributed by atoms with E-state index in [1.807, 2.05) is 0 Å². The number of carbonyl (C=O) groups is 6. The SMILES string of the molecule is CC(=O)/C=C/c1cc(N(C)C)c2c(c1O)C(=O)C1C(=O)[C@]3(O)C(=O)C(C(N)=O)C(=O)C[C@@H]3C[C@@H]1C2. The molecular formula is C25H26N2O8. The number of phenolic OH excluding ortho intramolecular Hbond substituents is 1. The van der Waals surface area contributed by atoms with Crippen LogP contribution < -0.4 is 10.6 Å². The minimum Gasteiger partial charge on any atom is -0.507 e. The number of aromatic hydroxyl groups is 1. The fourth-order valence-corrected chi connectivity index (χ4v) is 5.77. The lowest BCUT2D eigenvalue weighted by Gasteiger charge is -2.48. The molecule has 3 aliphatic carbocycles. The van der Waals surface area contributed by atoms with E-state index in [1.54, 1.807) is 25.1 Å². The van der Waals surface area contributed by atoms with Crippen molar-refractivity contribution in [3.8, 4) is 5.75 Å². The van der Waals surface area contributed by atoms with E-state index in [0.29, 0.717) is 11.3 Å². The lowest BCUT2D eigenvalue weighted by atomic mass is 9.53. The predicted molar refractivity (Wildman–Crippen MR) is 123 cm³/mol. The van der Waals surface area contributed by atoms with E-state index in [4.69, 9.17) is 5.73 Å². The highest BCUT2D eigenvalue weighted by atomic mass is 16.3. The maximum absolute atomic E-state index is 13.7. The molecule has 0 saturated heterocycles. The van der Waals surface area contributed by atoms with Crippen LogP contribution in [0.25, 0.3) is 6.08 Å². The van der Waals surface area contributed by atoms with Gasteiger partial charge in [0.15, 0.2) is 40.4 Å². The average molecular weight is 482 g/mol. The van der Waals surface area contributed by atoms with Crippen LogP contribution in [0.15, 0.2) is 12.1 Å². The van der Waals surface area contributed by atoms with Gasteiger partial charge >= 0.3 is 0 Å². The molecule has 0 aliphatic heterocycles. The van der Waals surface area contributed by atoms with Crippen molar-refractivity contribution >= 4 is 46.6 Å². The predicted octanol–water partition coefficient (Wildman–Crippen LogP) is -0.00490. The quantitative estimate of drug-likeness (QED) is 0.394. The number of ketones is 5. The number of hydrogen-bond acceptors (Lipinski definition) is 9. The van der Waals surface area contributed by atoms with Crippen LogP contribution in [-0.4, -0.2) is 64.7 Å². The molecule has 10 heteroatoms. The van der Waals surface area contributed by atoms with Crippen LogP contribution in [0.1, 0.15) is 41.3 Å². The second kappa shape index (κ2) is 8.23. The Bertz CT molecular complexity index is 1250. The van der Waals surface area contributed by atoms with Gasteiger partial charge in [-0.15, -0.1) is 0 Å². The van der Waals surface area contributed by atoms with Crippen molar-refractivity contribution in [2.45, 2.75) is 31.8 Å². The van der Waals surface area contributed by atoms with Crippen LogP contribution in [0.5, 0.6) is 5.75 Å². The summed E-state index contributed by atoms with van der Waals surface area (Å²) >= 11 is 0. The van der Waals surface area contributed by atoms with Crippen LogP contribution >= 0.6 is 0 Å². The number of nitrogens with two attached hydrogens (primary N) is 1. The Labute approximate surface area is 200 Å². The largest absolute Gasteiger partial charge is 0.507 e. The van der Waals surface area contributed by atoms with E-state index in [0.717, 1.165) is 0 Å². The summed E-state index contributed by atoms with van der Waals surface area (Å²) in [6, 6.07) is 1.63. The van der Waals surface area contributed by atoms with Gasteiger partial charge in [0.1, 0.15) is 5.75 Å². The van der Waals surface area contributed by atoms with E-state index in [2.05, 4.69) is 0 Å². The molecule has 3 aliphatic rings. The Morgan fingerprint density at radius 3 is 2.37 bits per heavy atom. The summed E-state index contributed by atoms with van der Waals surface area (Å²) in [4.78, 5) is 77.5. The molecule has 2 unspecified atom stereocenters. The summed E-state index contributed by atoms with van der Waals surface area (Å²) < 4.78 is 0. The fourth-order valence-electron chi connectivity index (χ4n) is 5.77. The summed E-state index contributed by atoms with van der Waals surface area (Å²) in [7, 11) is 3.49. The highest BCUT2D eigenvalue weighted by molar-refractivity contribution is 6.31. The number of Topliss-reactive ketones (excluding diaryl/α,β-unsaturated/α-hetero) is 4. The van der Waals surface area contributed by atoms with Crippen LogP contribution in [0, 0.1) is 23.7 Å². The van der Waals surface area contributed by atoms with Gasteiger partial charge in [0.2, 0.25) is 5.91 Å². The van der Waals surface area contributed by atoms with Gasteiger partial charge in [-0.25, -0.2) is 0 Å². The van der Waals surface area contributed by atoms with Crippen molar-refractivity contribution in [2.75, 3.05) is 19.0 Å². The fraction of sp³-hybridized carbons (Fsp3) is 0.440. The van der Waals surface area contributed by atoms with Crippen LogP contribution in [0.3, 0.4) is 0 Å². The van der Waals surface area contributed by atoms with E-state index in [1.165, 1.54) is 19.1 Å². The van der Waals surface area contributed by atoms with Gasteiger partial charge in [-0.1, -0.05) is 0 Å². The lowest BCUT2D eigenvalue weighted by molar-refractivity contribution is -0.175. The van der Waals surface area contributed by atoms with Gasteiger partial charge in [0, 0.05) is 37.7 Å². The van der Waals surface area contributed by atoms with Crippen LogP contribution in [0.4, 0.5) is 5.69 Å². The maximum atomic E-state index is 13.7. The number of aliphatic hydroxyl groups is 1. The van der Waals surface area contributed by atoms with Gasteiger partial charge in [-0.05, 0) is 49.5 Å². The molecule has 0 bridgehead atoms. The summed E-state index contributed by atoms with van der Waals surface area (Å²) in [5.74, 6) is -10.9. The number of amides is 1. The van der Waals surface area contributed by atoms with E-state index in [-0.39, 0.29) is 36.2 Å². The topological polar surface area (TPSA) is 172 Å². The number of benzene rings is 1. The number of carbonyl (C=O) groups excluding carboxylic acids is 6. The van der Waals surface area contributed by atoms with Crippen molar-refractivity contribution < 1.29 is 39.0 Å². The van der Waals surface area contributed by atoms with Crippen molar-refractivity contribution in [3.63, 3.8) is 0 Å². The first-order valence-corrected chi connectivity index (χ1v) is 11.2. The molecule has 2 fully saturated rings. The van der Waals surface area contributed by atoms with Crippen molar-refractivity contribution in [1.29, 1.82) is 0 Å². The molecule has 1 amide bonds. The summed E-state index contributed by atoms with van der Waals surface area (Å²) in [5.41, 5.74) is 3.69. The highest BCUT2D eigenvalue weighted by Gasteiger charge is 2.66. The summed E-state index contributed by atoms with van der Waals surface area (Å²) in [5, 5.41) is 22.2. The number of allylic oxidation sites excluding steroid dienone is 1. The third-order valence-corrected chi connectivity index (χ3v) is 7.39. The molecule has 5 atom stereocenters. The molecule has 35 heavy (non-hydrogen) atoms. The smallest absolute Gasteiger partial charge is 0.235 e. The molecule has 4 rings (SSSR count). The minimum atomic E-state index is -2.69. The number of phenols is 1. The highest BCUT2D eigenvalue weighted by Crippen LogP contribution is 2.51. The van der Waals surface area contributed by atoms with Crippen LogP contribution in [-0.2, 0) is 30.4 Å². The van der Waals surface area contributed by atoms with Gasteiger partial charge in [0.25, 0.3) is 0 Å². The monoisotopic (exact) mass is 482 g/mol. The van der Waals surface area contributed by atoms with Crippen molar-refractivity contribution in [2.24, 2.45) is 29.4 Å². The molecule has 10 nitrogen and oxygen atoms in total. The number of fused-ring (bicyclic) bond motifs is 3. The third-order valence-electron chi connectivity index (χ3n) is 7.39. The Balaban J connectivity index is 1.86. The summed E-state index contributed by atoms with van der Waals surface area (Å²) in [6.45, 7) is 1.33. The Morgan fingerprint density at radius 2 is 1.80 bits per heavy atom. The number of anilines is 1. The molecule has 0 aromatic heterocycles. The lowest BCUT2D eigenvalue weighted by Crippen LogP contribution is -2.68. The van der Waals surface area contributed by atoms with Gasteiger partial charge in [-0.3, -0.25) is 28.8 Å². The van der Waals surface area contributed by atoms with E-state index in [9.17, 15) is 39.0 Å². The first-order valence-electron chi connectivity index (χ1n) is 11.2. The maximum Gasteiger partial charge on any atom is 0.235 e. The third kappa shape index (κ3) is 3.51. The number of primary amides is 1. The Morgan fingerprint density at radius 1 is 1.14 bits per heavy atom. The van der Waals surface area contributed by atoms with Crippen molar-refractivity contribution in [3.05, 3.63) is 28.8 Å². The van der Waals surface area contributed by atoms with Gasteiger partial charge in [0.05, 0.1) is 11.5 Å². The Hall–Kier alpha value is -3.66. The Kier molecular flexibility index (Phi) is 5.75. The molecule has 1 aromatic rings. The minimum absolute atomic E-state index is 0.0284. The molecule has 2 saturated carbocycles. The zero-order chi connectivity index (χ0) is 26.0. The van der Waals surface area contributed by atoms with E-state index < -0.39 is 64.1 Å². The first-order chi connectivity index (χ1) is 16.3. The molecule has 1 aromatic carbocycles. The van der Waals surface area contributed by atoms with Gasteiger partial charge < -0.3 is 20.8 Å².